The number of aromatic nitrogens is 5. The molecule has 0 saturated heterocycles. The van der Waals surface area contributed by atoms with E-state index < -0.39 is 0 Å². The summed E-state index contributed by atoms with van der Waals surface area (Å²) in [5.41, 5.74) is 1.84. The van der Waals surface area contributed by atoms with Crippen LogP contribution < -0.4 is 0 Å². The first-order chi connectivity index (χ1) is 10.6. The molecule has 22 heavy (non-hydrogen) atoms. The van der Waals surface area contributed by atoms with Gasteiger partial charge in [0.2, 0.25) is 0 Å². The van der Waals surface area contributed by atoms with Crippen LogP contribution in [0.2, 0.25) is 0 Å². The van der Waals surface area contributed by atoms with Gasteiger partial charge >= 0.3 is 0 Å². The van der Waals surface area contributed by atoms with Gasteiger partial charge in [-0.3, -0.25) is 9.48 Å². The fraction of sp³-hybridized carbons (Fsp3) is 0.286. The molecule has 3 heterocycles. The van der Waals surface area contributed by atoms with Gasteiger partial charge in [0, 0.05) is 38.2 Å². The number of amides is 1. The summed E-state index contributed by atoms with van der Waals surface area (Å²) in [7, 11) is 1.73. The maximum atomic E-state index is 12.5. The predicted molar refractivity (Wildman–Crippen MR) is 84.4 cm³/mol. The van der Waals surface area contributed by atoms with Gasteiger partial charge in [0.15, 0.2) is 11.3 Å². The molecule has 0 atom stereocenters. The zero-order chi connectivity index (χ0) is 15.7. The van der Waals surface area contributed by atoms with E-state index >= 15 is 0 Å². The summed E-state index contributed by atoms with van der Waals surface area (Å²) in [5.74, 6) is -0.163. The first-order valence-electron chi connectivity index (χ1n) is 6.86. The van der Waals surface area contributed by atoms with Crippen molar-refractivity contribution < 1.29 is 4.79 Å². The van der Waals surface area contributed by atoms with Crippen molar-refractivity contribution in [1.29, 1.82) is 0 Å². The standard InChI is InChI=1S/C14H15BrN6O/c1-3-20-8-10(15)12(17-20)9-19(2)14(22)11-7-13-16-5-4-6-21(13)18-11/h4-8H,3,9H2,1-2H3. The topological polar surface area (TPSA) is 68.3 Å². The molecule has 3 aromatic rings. The van der Waals surface area contributed by atoms with Crippen LogP contribution in [0.5, 0.6) is 0 Å². The Bertz CT molecular complexity index is 791. The monoisotopic (exact) mass is 362 g/mol. The number of rotatable bonds is 4. The van der Waals surface area contributed by atoms with Crippen molar-refractivity contribution in [2.75, 3.05) is 7.05 Å². The van der Waals surface area contributed by atoms with Gasteiger partial charge in [-0.05, 0) is 28.9 Å². The minimum atomic E-state index is -0.163. The van der Waals surface area contributed by atoms with E-state index in [-0.39, 0.29) is 5.91 Å². The third kappa shape index (κ3) is 2.74. The molecule has 7 nitrogen and oxygen atoms in total. The number of nitrogens with zero attached hydrogens (tertiary/aromatic N) is 6. The second kappa shape index (κ2) is 5.88. The number of carbonyl (C=O) groups is 1. The number of halogens is 1. The van der Waals surface area contributed by atoms with Crippen molar-refractivity contribution in [2.45, 2.75) is 20.0 Å². The van der Waals surface area contributed by atoms with Crippen molar-refractivity contribution >= 4 is 27.5 Å². The first kappa shape index (κ1) is 14.7. The Morgan fingerprint density at radius 3 is 2.91 bits per heavy atom. The van der Waals surface area contributed by atoms with Crippen LogP contribution in [0.4, 0.5) is 0 Å². The SMILES string of the molecule is CCn1cc(Br)c(CN(C)C(=O)c2cc3ncccn3n2)n1. The molecule has 0 N–H and O–H groups in total. The predicted octanol–water partition coefficient (Wildman–Crippen LogP) is 1.98. The minimum Gasteiger partial charge on any atom is -0.334 e. The average Bonchev–Trinajstić information content (AvgIpc) is 3.10. The Labute approximate surface area is 135 Å². The average molecular weight is 363 g/mol. The van der Waals surface area contributed by atoms with E-state index in [9.17, 15) is 4.79 Å². The van der Waals surface area contributed by atoms with Crippen LogP contribution >= 0.6 is 15.9 Å². The van der Waals surface area contributed by atoms with E-state index in [1.165, 1.54) is 0 Å². The number of carbonyl (C=O) groups excluding carboxylic acids is 1. The molecule has 114 valence electrons. The third-order valence-corrected chi connectivity index (χ3v) is 3.96. The summed E-state index contributed by atoms with van der Waals surface area (Å²) in [5, 5.41) is 8.67. The van der Waals surface area contributed by atoms with Crippen molar-refractivity contribution in [3.05, 3.63) is 46.6 Å². The summed E-state index contributed by atoms with van der Waals surface area (Å²) < 4.78 is 4.31. The molecular weight excluding hydrogens is 348 g/mol. The number of hydrogen-bond acceptors (Lipinski definition) is 4. The van der Waals surface area contributed by atoms with Gasteiger partial charge < -0.3 is 4.90 Å². The van der Waals surface area contributed by atoms with Crippen LogP contribution in [-0.2, 0) is 13.1 Å². The lowest BCUT2D eigenvalue weighted by Crippen LogP contribution is -2.27. The highest BCUT2D eigenvalue weighted by molar-refractivity contribution is 9.10. The Hall–Kier alpha value is -2.22. The molecule has 0 unspecified atom stereocenters. The quantitative estimate of drug-likeness (QED) is 0.711. The summed E-state index contributed by atoms with van der Waals surface area (Å²) in [6.45, 7) is 3.21. The van der Waals surface area contributed by atoms with Crippen molar-refractivity contribution in [3.8, 4) is 0 Å². The molecule has 0 aliphatic carbocycles. The van der Waals surface area contributed by atoms with E-state index in [0.717, 1.165) is 16.7 Å². The smallest absolute Gasteiger partial charge is 0.274 e. The molecule has 3 rings (SSSR count). The maximum Gasteiger partial charge on any atom is 0.274 e. The molecule has 0 fully saturated rings. The van der Waals surface area contributed by atoms with Crippen LogP contribution in [0.1, 0.15) is 23.1 Å². The summed E-state index contributed by atoms with van der Waals surface area (Å²) in [6, 6.07) is 3.45. The van der Waals surface area contributed by atoms with Crippen LogP contribution in [-0.4, -0.2) is 42.2 Å². The zero-order valence-electron chi connectivity index (χ0n) is 12.3. The van der Waals surface area contributed by atoms with Crippen LogP contribution in [0.25, 0.3) is 5.65 Å². The maximum absolute atomic E-state index is 12.5. The van der Waals surface area contributed by atoms with Crippen molar-refractivity contribution in [1.82, 2.24) is 29.3 Å². The molecule has 0 aromatic carbocycles. The van der Waals surface area contributed by atoms with E-state index in [4.69, 9.17) is 0 Å². The number of hydrogen-bond donors (Lipinski definition) is 0. The Morgan fingerprint density at radius 2 is 2.23 bits per heavy atom. The van der Waals surface area contributed by atoms with Gasteiger partial charge in [0.05, 0.1) is 16.7 Å². The highest BCUT2D eigenvalue weighted by atomic mass is 79.9. The van der Waals surface area contributed by atoms with Crippen LogP contribution in [0.3, 0.4) is 0 Å². The molecule has 8 heteroatoms. The van der Waals surface area contributed by atoms with E-state index in [0.29, 0.717) is 17.9 Å². The normalized spacial score (nSPS) is 11.0. The third-order valence-electron chi connectivity index (χ3n) is 3.30. The molecule has 0 radical (unpaired) electrons. The molecule has 0 saturated carbocycles. The summed E-state index contributed by atoms with van der Waals surface area (Å²) in [4.78, 5) is 18.2. The highest BCUT2D eigenvalue weighted by Crippen LogP contribution is 2.17. The van der Waals surface area contributed by atoms with Crippen LogP contribution in [0.15, 0.2) is 35.2 Å². The van der Waals surface area contributed by atoms with E-state index in [1.54, 1.807) is 41.0 Å². The Balaban J connectivity index is 1.80. The molecule has 0 aliphatic heterocycles. The van der Waals surface area contributed by atoms with Gasteiger partial charge in [0.1, 0.15) is 0 Å². The largest absolute Gasteiger partial charge is 0.334 e. The highest BCUT2D eigenvalue weighted by Gasteiger charge is 2.18. The Morgan fingerprint density at radius 1 is 1.41 bits per heavy atom. The zero-order valence-corrected chi connectivity index (χ0v) is 13.9. The van der Waals surface area contributed by atoms with Gasteiger partial charge in [-0.25, -0.2) is 9.50 Å². The molecular formula is C14H15BrN6O. The lowest BCUT2D eigenvalue weighted by Gasteiger charge is -2.14. The first-order valence-corrected chi connectivity index (χ1v) is 7.65. The van der Waals surface area contributed by atoms with Gasteiger partial charge in [-0.15, -0.1) is 0 Å². The molecule has 1 amide bonds. The Kier molecular flexibility index (Phi) is 3.93. The van der Waals surface area contributed by atoms with Crippen molar-refractivity contribution in [2.24, 2.45) is 0 Å². The van der Waals surface area contributed by atoms with Gasteiger partial charge in [-0.2, -0.15) is 10.2 Å². The minimum absolute atomic E-state index is 0.163. The number of aryl methyl sites for hydroxylation is 1. The van der Waals surface area contributed by atoms with E-state index in [1.807, 2.05) is 17.8 Å². The fourth-order valence-corrected chi connectivity index (χ4v) is 2.57. The molecule has 3 aromatic heterocycles. The van der Waals surface area contributed by atoms with Crippen molar-refractivity contribution in [3.63, 3.8) is 0 Å². The van der Waals surface area contributed by atoms with Gasteiger partial charge in [-0.1, -0.05) is 0 Å². The van der Waals surface area contributed by atoms with Crippen LogP contribution in [0, 0.1) is 0 Å². The molecule has 0 aliphatic rings. The number of fused-ring (bicyclic) bond motifs is 1. The summed E-state index contributed by atoms with van der Waals surface area (Å²) >= 11 is 3.47. The molecule has 0 spiro atoms. The van der Waals surface area contributed by atoms with Gasteiger partial charge in [0.25, 0.3) is 5.91 Å². The summed E-state index contributed by atoms with van der Waals surface area (Å²) in [6.07, 6.45) is 5.34. The lowest BCUT2D eigenvalue weighted by molar-refractivity contribution is 0.0776. The fourth-order valence-electron chi connectivity index (χ4n) is 2.13. The second-order valence-corrected chi connectivity index (χ2v) is 5.75. The lowest BCUT2D eigenvalue weighted by atomic mass is 10.3. The second-order valence-electron chi connectivity index (χ2n) is 4.89. The van der Waals surface area contributed by atoms with E-state index in [2.05, 4.69) is 31.1 Å². The molecule has 0 bridgehead atoms.